The molecule has 0 aromatic heterocycles. The number of benzene rings is 5. The van der Waals surface area contributed by atoms with Crippen molar-refractivity contribution in [1.82, 2.24) is 0 Å². The summed E-state index contributed by atoms with van der Waals surface area (Å²) in [5.74, 6) is 2.09. The Labute approximate surface area is 210 Å². The van der Waals surface area contributed by atoms with Crippen molar-refractivity contribution in [2.45, 2.75) is 11.5 Å². The highest BCUT2D eigenvalue weighted by molar-refractivity contribution is 7.90. The lowest BCUT2D eigenvalue weighted by Gasteiger charge is -2.16. The van der Waals surface area contributed by atoms with Gasteiger partial charge in [-0.3, -0.25) is 0 Å². The zero-order chi connectivity index (χ0) is 25.1. The first-order valence-corrected chi connectivity index (χ1v) is 13.3. The van der Waals surface area contributed by atoms with Gasteiger partial charge in [0.15, 0.2) is 9.84 Å². The average molecular weight is 497 g/mol. The van der Waals surface area contributed by atoms with Crippen LogP contribution >= 0.6 is 0 Å². The predicted molar refractivity (Wildman–Crippen MR) is 141 cm³/mol. The number of phenols is 1. The summed E-state index contributed by atoms with van der Waals surface area (Å²) in [4.78, 5) is 0.258. The molecule has 0 amide bonds. The fourth-order valence-electron chi connectivity index (χ4n) is 3.96. The molecule has 0 fully saturated rings. The quantitative estimate of drug-likeness (QED) is 0.263. The van der Waals surface area contributed by atoms with Gasteiger partial charge >= 0.3 is 0 Å². The Bertz CT molecular complexity index is 1610. The van der Waals surface area contributed by atoms with Crippen molar-refractivity contribution in [2.75, 3.05) is 6.26 Å². The Morgan fingerprint density at radius 2 is 1.44 bits per heavy atom. The molecule has 0 aliphatic heterocycles. The van der Waals surface area contributed by atoms with Gasteiger partial charge in [-0.25, -0.2) is 8.42 Å². The molecular weight excluding hydrogens is 472 g/mol. The molecule has 0 aliphatic rings. The summed E-state index contributed by atoms with van der Waals surface area (Å²) < 4.78 is 36.2. The summed E-state index contributed by atoms with van der Waals surface area (Å²) in [6.45, 7) is 0.466. The molecule has 0 atom stereocenters. The minimum absolute atomic E-state index is 0.150. The van der Waals surface area contributed by atoms with E-state index in [-0.39, 0.29) is 10.6 Å². The van der Waals surface area contributed by atoms with E-state index in [0.717, 1.165) is 33.2 Å². The molecule has 5 aromatic rings. The normalized spacial score (nSPS) is 11.4. The molecule has 0 bridgehead atoms. The van der Waals surface area contributed by atoms with Gasteiger partial charge in [0, 0.05) is 17.2 Å². The molecule has 180 valence electrons. The van der Waals surface area contributed by atoms with Crippen LogP contribution in [0.2, 0.25) is 0 Å². The second-order valence-electron chi connectivity index (χ2n) is 8.49. The maximum Gasteiger partial charge on any atom is 0.175 e. The molecule has 5 nitrogen and oxygen atoms in total. The third-order valence-corrected chi connectivity index (χ3v) is 6.97. The van der Waals surface area contributed by atoms with Crippen LogP contribution < -0.4 is 9.47 Å². The Morgan fingerprint density at radius 1 is 0.750 bits per heavy atom. The molecule has 5 rings (SSSR count). The lowest BCUT2D eigenvalue weighted by atomic mass is 9.99. The van der Waals surface area contributed by atoms with Crippen LogP contribution in [0.15, 0.2) is 114 Å². The van der Waals surface area contributed by atoms with Gasteiger partial charge in [0.1, 0.15) is 29.6 Å². The molecule has 0 radical (unpaired) electrons. The maximum absolute atomic E-state index is 11.9. The monoisotopic (exact) mass is 496 g/mol. The first-order valence-electron chi connectivity index (χ1n) is 11.4. The van der Waals surface area contributed by atoms with E-state index in [1.807, 2.05) is 60.7 Å². The predicted octanol–water partition coefficient (Wildman–Crippen LogP) is 6.99. The van der Waals surface area contributed by atoms with Gasteiger partial charge in [0.05, 0.1) is 4.90 Å². The van der Waals surface area contributed by atoms with Crippen molar-refractivity contribution >= 4 is 20.6 Å². The van der Waals surface area contributed by atoms with Gasteiger partial charge in [0.25, 0.3) is 0 Å². The van der Waals surface area contributed by atoms with Crippen molar-refractivity contribution in [3.05, 3.63) is 115 Å². The SMILES string of the molecule is CS(=O)(=O)c1ccc(-c2ccc3cc(OCc4ccccc4)ccc3c2Oc2ccc(O)cc2)cc1. The highest BCUT2D eigenvalue weighted by Crippen LogP contribution is 2.41. The van der Waals surface area contributed by atoms with Crippen molar-refractivity contribution < 1.29 is 23.0 Å². The largest absolute Gasteiger partial charge is 0.508 e. The second kappa shape index (κ2) is 9.76. The van der Waals surface area contributed by atoms with Gasteiger partial charge in [-0.2, -0.15) is 0 Å². The van der Waals surface area contributed by atoms with Crippen LogP contribution in [-0.4, -0.2) is 19.8 Å². The Kier molecular flexibility index (Phi) is 6.36. The minimum atomic E-state index is -3.30. The van der Waals surface area contributed by atoms with Gasteiger partial charge in [-0.15, -0.1) is 0 Å². The smallest absolute Gasteiger partial charge is 0.175 e. The van der Waals surface area contributed by atoms with E-state index in [2.05, 4.69) is 0 Å². The van der Waals surface area contributed by atoms with Crippen molar-refractivity contribution in [2.24, 2.45) is 0 Å². The molecule has 36 heavy (non-hydrogen) atoms. The number of sulfone groups is 1. The molecule has 1 N–H and O–H groups in total. The second-order valence-corrected chi connectivity index (χ2v) is 10.5. The summed E-state index contributed by atoms with van der Waals surface area (Å²) in [5, 5.41) is 11.5. The number of rotatable bonds is 7. The van der Waals surface area contributed by atoms with Crippen LogP contribution in [0.5, 0.6) is 23.0 Å². The highest BCUT2D eigenvalue weighted by Gasteiger charge is 2.15. The van der Waals surface area contributed by atoms with Crippen molar-refractivity contribution in [3.63, 3.8) is 0 Å². The number of hydrogen-bond acceptors (Lipinski definition) is 5. The fourth-order valence-corrected chi connectivity index (χ4v) is 4.59. The van der Waals surface area contributed by atoms with Crippen molar-refractivity contribution in [3.8, 4) is 34.1 Å². The first kappa shape index (κ1) is 23.5. The van der Waals surface area contributed by atoms with Crippen LogP contribution in [0.25, 0.3) is 21.9 Å². The molecular formula is C30H24O5S. The van der Waals surface area contributed by atoms with E-state index in [4.69, 9.17) is 9.47 Å². The molecule has 0 heterocycles. The van der Waals surface area contributed by atoms with Crippen LogP contribution in [0, 0.1) is 0 Å². The summed E-state index contributed by atoms with van der Waals surface area (Å²) in [7, 11) is -3.30. The van der Waals surface area contributed by atoms with E-state index in [0.29, 0.717) is 18.1 Å². The summed E-state index contributed by atoms with van der Waals surface area (Å²) in [6.07, 6.45) is 1.19. The third-order valence-electron chi connectivity index (χ3n) is 5.84. The lowest BCUT2D eigenvalue weighted by molar-refractivity contribution is 0.306. The molecule has 0 saturated heterocycles. The van der Waals surface area contributed by atoms with E-state index < -0.39 is 9.84 Å². The first-order chi connectivity index (χ1) is 17.4. The number of hydrogen-bond donors (Lipinski definition) is 1. The maximum atomic E-state index is 11.9. The van der Waals surface area contributed by atoms with Crippen LogP contribution in [0.4, 0.5) is 0 Å². The van der Waals surface area contributed by atoms with E-state index in [1.54, 1.807) is 48.5 Å². The number of aromatic hydroxyl groups is 1. The van der Waals surface area contributed by atoms with Crippen LogP contribution in [0.1, 0.15) is 5.56 Å². The fraction of sp³-hybridized carbons (Fsp3) is 0.0667. The molecule has 0 spiro atoms. The molecule has 0 saturated carbocycles. The summed E-state index contributed by atoms with van der Waals surface area (Å²) in [6, 6.07) is 33.0. The topological polar surface area (TPSA) is 72.8 Å². The van der Waals surface area contributed by atoms with Crippen molar-refractivity contribution in [1.29, 1.82) is 0 Å². The average Bonchev–Trinajstić information content (AvgIpc) is 2.89. The van der Waals surface area contributed by atoms with Gasteiger partial charge in [-0.1, -0.05) is 48.5 Å². The number of fused-ring (bicyclic) bond motifs is 1. The van der Waals surface area contributed by atoms with Crippen LogP contribution in [0.3, 0.4) is 0 Å². The van der Waals surface area contributed by atoms with Crippen LogP contribution in [-0.2, 0) is 16.4 Å². The Morgan fingerprint density at radius 3 is 2.14 bits per heavy atom. The highest BCUT2D eigenvalue weighted by atomic mass is 32.2. The van der Waals surface area contributed by atoms with E-state index in [9.17, 15) is 13.5 Å². The third kappa shape index (κ3) is 5.19. The molecule has 0 aliphatic carbocycles. The minimum Gasteiger partial charge on any atom is -0.508 e. The standard InChI is InChI=1S/C30H24O5S/c1-36(32,33)27-15-7-22(8-16-27)28-17-9-23-19-26(34-20-21-5-3-2-4-6-21)14-18-29(23)30(28)35-25-12-10-24(31)11-13-25/h2-19,31H,20H2,1H3. The lowest BCUT2D eigenvalue weighted by Crippen LogP contribution is -1.97. The van der Waals surface area contributed by atoms with Gasteiger partial charge < -0.3 is 14.6 Å². The van der Waals surface area contributed by atoms with Gasteiger partial charge in [-0.05, 0) is 77.2 Å². The van der Waals surface area contributed by atoms with E-state index in [1.165, 1.54) is 6.26 Å². The summed E-state index contributed by atoms with van der Waals surface area (Å²) in [5.41, 5.74) is 2.72. The molecule has 0 unspecified atom stereocenters. The Hall–Kier alpha value is -4.29. The summed E-state index contributed by atoms with van der Waals surface area (Å²) >= 11 is 0. The Balaban J connectivity index is 1.55. The zero-order valence-corrected chi connectivity index (χ0v) is 20.4. The number of phenolic OH excluding ortho intramolecular Hbond substituents is 1. The van der Waals surface area contributed by atoms with Gasteiger partial charge in [0.2, 0.25) is 0 Å². The molecule has 5 aromatic carbocycles. The zero-order valence-electron chi connectivity index (χ0n) is 19.6. The number of ether oxygens (including phenoxy) is 2. The van der Waals surface area contributed by atoms with E-state index >= 15 is 0 Å². The molecule has 6 heteroatoms.